The van der Waals surface area contributed by atoms with E-state index in [9.17, 15) is 9.90 Å². The Kier molecular flexibility index (Phi) is 6.18. The summed E-state index contributed by atoms with van der Waals surface area (Å²) >= 11 is 0. The maximum absolute atomic E-state index is 12.2. The first-order chi connectivity index (χ1) is 11.1. The maximum atomic E-state index is 12.2. The number of ether oxygens (including phenoxy) is 1. The third kappa shape index (κ3) is 5.11. The molecule has 0 aliphatic rings. The van der Waals surface area contributed by atoms with Crippen LogP contribution in [0.15, 0.2) is 54.6 Å². The number of amides is 1. The van der Waals surface area contributed by atoms with Crippen molar-refractivity contribution in [2.24, 2.45) is 0 Å². The Hall–Kier alpha value is -2.33. The smallest absolute Gasteiger partial charge is 0.253 e. The van der Waals surface area contributed by atoms with E-state index in [2.05, 4.69) is 17.4 Å². The van der Waals surface area contributed by atoms with Crippen LogP contribution in [0.25, 0.3) is 0 Å². The van der Waals surface area contributed by atoms with Gasteiger partial charge in [-0.3, -0.25) is 4.79 Å². The number of carbonyl (C=O) groups excluding carboxylic acids is 1. The Balaban J connectivity index is 1.87. The summed E-state index contributed by atoms with van der Waals surface area (Å²) in [5.74, 6) is 0.227. The van der Waals surface area contributed by atoms with E-state index in [0.29, 0.717) is 11.3 Å². The van der Waals surface area contributed by atoms with Gasteiger partial charge >= 0.3 is 0 Å². The quantitative estimate of drug-likeness (QED) is 0.826. The van der Waals surface area contributed by atoms with E-state index in [4.69, 9.17) is 4.74 Å². The van der Waals surface area contributed by atoms with Crippen LogP contribution < -0.4 is 10.1 Å². The molecule has 23 heavy (non-hydrogen) atoms. The van der Waals surface area contributed by atoms with Gasteiger partial charge in [0.25, 0.3) is 5.91 Å². The van der Waals surface area contributed by atoms with E-state index < -0.39 is 6.10 Å². The van der Waals surface area contributed by atoms with Crippen LogP contribution in [0, 0.1) is 0 Å². The predicted octanol–water partition coefficient (Wildman–Crippen LogP) is 2.87. The van der Waals surface area contributed by atoms with Crippen molar-refractivity contribution >= 4 is 5.91 Å². The van der Waals surface area contributed by atoms with Crippen LogP contribution in [0.4, 0.5) is 0 Å². The number of nitrogens with one attached hydrogen (secondary N) is 1. The van der Waals surface area contributed by atoms with Gasteiger partial charge in [0, 0.05) is 6.04 Å². The normalized spacial score (nSPS) is 13.2. The number of hydrogen-bond donors (Lipinski definition) is 2. The standard InChI is InChI=1S/C19H23NO3/c1-14(11-12-15-7-4-3-5-8-15)20-19(22)18(21)16-9-6-10-17(13-16)23-2/h3-10,13-14,18,21H,11-12H2,1-2H3,(H,20,22). The summed E-state index contributed by atoms with van der Waals surface area (Å²) in [5, 5.41) is 13.0. The van der Waals surface area contributed by atoms with Crippen molar-refractivity contribution in [3.63, 3.8) is 0 Å². The molecule has 0 fully saturated rings. The fourth-order valence-corrected chi connectivity index (χ4v) is 2.38. The molecule has 2 rings (SSSR count). The van der Waals surface area contributed by atoms with Crippen LogP contribution >= 0.6 is 0 Å². The molecule has 4 nitrogen and oxygen atoms in total. The molecule has 0 saturated carbocycles. The molecule has 2 atom stereocenters. The first-order valence-electron chi connectivity index (χ1n) is 7.76. The molecule has 0 heterocycles. The largest absolute Gasteiger partial charge is 0.497 e. The Morgan fingerprint density at radius 3 is 2.61 bits per heavy atom. The zero-order valence-corrected chi connectivity index (χ0v) is 13.5. The number of methoxy groups -OCH3 is 1. The topological polar surface area (TPSA) is 58.6 Å². The molecule has 122 valence electrons. The molecule has 0 radical (unpaired) electrons. The highest BCUT2D eigenvalue weighted by molar-refractivity contribution is 5.82. The molecule has 2 aromatic rings. The fraction of sp³-hybridized carbons (Fsp3) is 0.316. The van der Waals surface area contributed by atoms with Gasteiger partial charge in [0.05, 0.1) is 7.11 Å². The zero-order valence-electron chi connectivity index (χ0n) is 13.5. The highest BCUT2D eigenvalue weighted by atomic mass is 16.5. The molecule has 2 N–H and O–H groups in total. The Morgan fingerprint density at radius 2 is 1.91 bits per heavy atom. The van der Waals surface area contributed by atoms with Crippen LogP contribution in [0.5, 0.6) is 5.75 Å². The summed E-state index contributed by atoms with van der Waals surface area (Å²) in [4.78, 5) is 12.2. The lowest BCUT2D eigenvalue weighted by molar-refractivity contribution is -0.130. The molecule has 0 saturated heterocycles. The molecule has 0 spiro atoms. The lowest BCUT2D eigenvalue weighted by Gasteiger charge is -2.17. The summed E-state index contributed by atoms with van der Waals surface area (Å²) in [6, 6.07) is 17.0. The molecule has 2 unspecified atom stereocenters. The third-order valence-electron chi connectivity index (χ3n) is 3.76. The Bertz CT molecular complexity index is 628. The first-order valence-corrected chi connectivity index (χ1v) is 7.76. The Labute approximate surface area is 137 Å². The highest BCUT2D eigenvalue weighted by Crippen LogP contribution is 2.19. The van der Waals surface area contributed by atoms with Gasteiger partial charge in [0.2, 0.25) is 0 Å². The first kappa shape index (κ1) is 17.0. The van der Waals surface area contributed by atoms with E-state index in [1.54, 1.807) is 31.4 Å². The molecular weight excluding hydrogens is 290 g/mol. The molecule has 2 aromatic carbocycles. The molecule has 1 amide bonds. The van der Waals surface area contributed by atoms with E-state index in [1.165, 1.54) is 5.56 Å². The van der Waals surface area contributed by atoms with E-state index >= 15 is 0 Å². The predicted molar refractivity (Wildman–Crippen MR) is 90.3 cm³/mol. The SMILES string of the molecule is COc1cccc(C(O)C(=O)NC(C)CCc2ccccc2)c1. The minimum atomic E-state index is -1.19. The van der Waals surface area contributed by atoms with Crippen LogP contribution in [0.3, 0.4) is 0 Å². The molecular formula is C19H23NO3. The zero-order chi connectivity index (χ0) is 16.7. The number of hydrogen-bond acceptors (Lipinski definition) is 3. The molecule has 4 heteroatoms. The number of benzene rings is 2. The van der Waals surface area contributed by atoms with Gasteiger partial charge in [-0.25, -0.2) is 0 Å². The van der Waals surface area contributed by atoms with Crippen LogP contribution in [-0.2, 0) is 11.2 Å². The van der Waals surface area contributed by atoms with Crippen molar-refractivity contribution in [3.8, 4) is 5.75 Å². The second-order valence-electron chi connectivity index (χ2n) is 5.61. The van der Waals surface area contributed by atoms with Gasteiger partial charge in [-0.2, -0.15) is 0 Å². The average molecular weight is 313 g/mol. The summed E-state index contributed by atoms with van der Waals surface area (Å²) in [7, 11) is 1.55. The van der Waals surface area contributed by atoms with Gasteiger partial charge in [-0.1, -0.05) is 42.5 Å². The maximum Gasteiger partial charge on any atom is 0.253 e. The molecule has 0 aliphatic carbocycles. The number of aliphatic hydroxyl groups excluding tert-OH is 1. The summed E-state index contributed by atoms with van der Waals surface area (Å²) < 4.78 is 5.11. The fourth-order valence-electron chi connectivity index (χ4n) is 2.38. The van der Waals surface area contributed by atoms with E-state index in [-0.39, 0.29) is 11.9 Å². The lowest BCUT2D eigenvalue weighted by atomic mass is 10.0. The molecule has 0 bridgehead atoms. The van der Waals surface area contributed by atoms with Crippen LogP contribution in [0.2, 0.25) is 0 Å². The van der Waals surface area contributed by atoms with Gasteiger partial charge in [-0.05, 0) is 43.0 Å². The monoisotopic (exact) mass is 313 g/mol. The lowest BCUT2D eigenvalue weighted by Crippen LogP contribution is -2.36. The van der Waals surface area contributed by atoms with Crippen molar-refractivity contribution in [1.82, 2.24) is 5.32 Å². The minimum Gasteiger partial charge on any atom is -0.497 e. The minimum absolute atomic E-state index is 0.0111. The average Bonchev–Trinajstić information content (AvgIpc) is 2.60. The molecule has 0 aliphatic heterocycles. The van der Waals surface area contributed by atoms with Crippen LogP contribution in [-0.4, -0.2) is 24.2 Å². The third-order valence-corrected chi connectivity index (χ3v) is 3.76. The van der Waals surface area contributed by atoms with E-state index in [0.717, 1.165) is 12.8 Å². The van der Waals surface area contributed by atoms with Gasteiger partial charge in [0.1, 0.15) is 5.75 Å². The van der Waals surface area contributed by atoms with Gasteiger partial charge in [-0.15, -0.1) is 0 Å². The van der Waals surface area contributed by atoms with Crippen molar-refractivity contribution in [2.75, 3.05) is 7.11 Å². The molecule has 0 aromatic heterocycles. The number of aryl methyl sites for hydroxylation is 1. The number of rotatable bonds is 7. The van der Waals surface area contributed by atoms with Crippen LogP contribution in [0.1, 0.15) is 30.6 Å². The summed E-state index contributed by atoms with van der Waals surface area (Å²) in [5.41, 5.74) is 1.76. The Morgan fingerprint density at radius 1 is 1.17 bits per heavy atom. The summed E-state index contributed by atoms with van der Waals surface area (Å²) in [6.07, 6.45) is 0.516. The number of aliphatic hydroxyl groups is 1. The van der Waals surface area contributed by atoms with Crippen molar-refractivity contribution in [1.29, 1.82) is 0 Å². The number of carbonyl (C=O) groups is 1. The highest BCUT2D eigenvalue weighted by Gasteiger charge is 2.19. The second-order valence-corrected chi connectivity index (χ2v) is 5.61. The van der Waals surface area contributed by atoms with Crippen molar-refractivity contribution in [3.05, 3.63) is 65.7 Å². The van der Waals surface area contributed by atoms with Crippen molar-refractivity contribution < 1.29 is 14.6 Å². The van der Waals surface area contributed by atoms with Gasteiger partial charge < -0.3 is 15.2 Å². The summed E-state index contributed by atoms with van der Waals surface area (Å²) in [6.45, 7) is 1.94. The van der Waals surface area contributed by atoms with Crippen molar-refractivity contribution in [2.45, 2.75) is 31.9 Å². The second kappa shape index (κ2) is 8.34. The van der Waals surface area contributed by atoms with E-state index in [1.807, 2.05) is 25.1 Å². The van der Waals surface area contributed by atoms with Gasteiger partial charge in [0.15, 0.2) is 6.10 Å².